The monoisotopic (exact) mass is 360 g/mol. The highest BCUT2D eigenvalue weighted by atomic mass is 16.6. The minimum absolute atomic E-state index is 0.224. The van der Waals surface area contributed by atoms with Crippen LogP contribution >= 0.6 is 0 Å². The summed E-state index contributed by atoms with van der Waals surface area (Å²) in [7, 11) is 0. The molecule has 1 saturated heterocycles. The van der Waals surface area contributed by atoms with Crippen LogP contribution in [0.3, 0.4) is 0 Å². The number of fused-ring (bicyclic) bond motifs is 1. The maximum atomic E-state index is 12.2. The number of anilines is 1. The fourth-order valence-corrected chi connectivity index (χ4v) is 2.92. The third kappa shape index (κ3) is 4.53. The van der Waals surface area contributed by atoms with Gasteiger partial charge in [0.05, 0.1) is 5.92 Å². The zero-order chi connectivity index (χ0) is 18.7. The number of ether oxygens (including phenoxy) is 2. The fourth-order valence-electron chi connectivity index (χ4n) is 2.92. The second-order valence-corrected chi connectivity index (χ2v) is 7.42. The molecule has 0 unspecified atom stereocenters. The molecule has 7 heteroatoms. The van der Waals surface area contributed by atoms with Gasteiger partial charge < -0.3 is 18.8 Å². The maximum Gasteiger partial charge on any atom is 0.344 e. The number of carbonyl (C=O) groups excluding carboxylic acids is 2. The van der Waals surface area contributed by atoms with Gasteiger partial charge in [0.15, 0.2) is 12.2 Å². The number of esters is 2. The smallest absolute Gasteiger partial charge is 0.344 e. The van der Waals surface area contributed by atoms with E-state index in [2.05, 4.69) is 4.98 Å². The molecule has 2 heterocycles. The van der Waals surface area contributed by atoms with Crippen LogP contribution in [0.5, 0.6) is 0 Å². The van der Waals surface area contributed by atoms with E-state index < -0.39 is 11.6 Å². The van der Waals surface area contributed by atoms with Crippen molar-refractivity contribution in [3.05, 3.63) is 24.3 Å². The van der Waals surface area contributed by atoms with Crippen LogP contribution in [0.25, 0.3) is 11.1 Å². The van der Waals surface area contributed by atoms with Crippen molar-refractivity contribution in [1.82, 2.24) is 4.98 Å². The number of carbonyl (C=O) groups is 2. The Hall–Kier alpha value is -2.57. The van der Waals surface area contributed by atoms with E-state index in [-0.39, 0.29) is 18.5 Å². The lowest BCUT2D eigenvalue weighted by Gasteiger charge is -2.29. The Morgan fingerprint density at radius 1 is 1.23 bits per heavy atom. The molecule has 1 aromatic carbocycles. The summed E-state index contributed by atoms with van der Waals surface area (Å²) < 4.78 is 16.0. The molecule has 3 rings (SSSR count). The Bertz CT molecular complexity index is 752. The molecule has 140 valence electrons. The molecule has 1 aliphatic heterocycles. The highest BCUT2D eigenvalue weighted by Crippen LogP contribution is 2.26. The summed E-state index contributed by atoms with van der Waals surface area (Å²) in [5, 5.41) is 0. The Labute approximate surface area is 152 Å². The molecule has 0 aliphatic carbocycles. The number of oxazole rings is 1. The zero-order valence-electron chi connectivity index (χ0n) is 15.4. The molecular formula is C19H24N2O5. The van der Waals surface area contributed by atoms with Gasteiger partial charge in [-0.2, -0.15) is 4.98 Å². The summed E-state index contributed by atoms with van der Waals surface area (Å²) in [5.41, 5.74) is 0.983. The highest BCUT2D eigenvalue weighted by Gasteiger charge is 2.29. The normalized spacial score (nSPS) is 15.9. The largest absolute Gasteiger partial charge is 0.457 e. The minimum atomic E-state index is -0.589. The lowest BCUT2D eigenvalue weighted by Crippen LogP contribution is -2.37. The number of rotatable bonds is 4. The molecule has 2 aromatic rings. The molecular weight excluding hydrogens is 336 g/mol. The molecule has 0 bridgehead atoms. The standard InChI is InChI=1S/C19H24N2O5/c1-19(2,3)26-16(22)12-24-17(23)13-8-10-21(11-9-13)18-20-14-6-4-5-7-15(14)25-18/h4-7,13H,8-12H2,1-3H3. The second-order valence-electron chi connectivity index (χ2n) is 7.42. The van der Waals surface area contributed by atoms with Gasteiger partial charge in [0.25, 0.3) is 6.01 Å². The predicted molar refractivity (Wildman–Crippen MR) is 95.8 cm³/mol. The Morgan fingerprint density at radius 2 is 1.92 bits per heavy atom. The maximum absolute atomic E-state index is 12.2. The van der Waals surface area contributed by atoms with E-state index in [1.807, 2.05) is 29.2 Å². The summed E-state index contributed by atoms with van der Waals surface area (Å²) in [4.78, 5) is 30.3. The van der Waals surface area contributed by atoms with Gasteiger partial charge in [0.2, 0.25) is 0 Å². The topological polar surface area (TPSA) is 81.9 Å². The molecule has 0 atom stereocenters. The summed E-state index contributed by atoms with van der Waals surface area (Å²) in [6.07, 6.45) is 1.26. The molecule has 0 radical (unpaired) electrons. The summed E-state index contributed by atoms with van der Waals surface area (Å²) in [5.74, 6) is -1.11. The zero-order valence-corrected chi connectivity index (χ0v) is 15.4. The van der Waals surface area contributed by atoms with Gasteiger partial charge in [-0.3, -0.25) is 4.79 Å². The molecule has 26 heavy (non-hydrogen) atoms. The Balaban J connectivity index is 1.48. The average molecular weight is 360 g/mol. The lowest BCUT2D eigenvalue weighted by atomic mass is 9.97. The first kappa shape index (κ1) is 18.2. The molecule has 0 saturated carbocycles. The Morgan fingerprint density at radius 3 is 2.58 bits per heavy atom. The van der Waals surface area contributed by atoms with Crippen molar-refractivity contribution in [3.8, 4) is 0 Å². The van der Waals surface area contributed by atoms with Crippen LogP contribution < -0.4 is 4.90 Å². The number of hydrogen-bond acceptors (Lipinski definition) is 7. The van der Waals surface area contributed by atoms with E-state index in [0.717, 1.165) is 11.1 Å². The van der Waals surface area contributed by atoms with Crippen molar-refractivity contribution in [2.45, 2.75) is 39.2 Å². The van der Waals surface area contributed by atoms with Gasteiger partial charge in [-0.1, -0.05) is 12.1 Å². The van der Waals surface area contributed by atoms with Crippen LogP contribution in [-0.4, -0.2) is 42.2 Å². The van der Waals surface area contributed by atoms with Crippen LogP contribution in [0.4, 0.5) is 6.01 Å². The highest BCUT2D eigenvalue weighted by molar-refractivity contribution is 5.78. The van der Waals surface area contributed by atoms with Gasteiger partial charge >= 0.3 is 11.9 Å². The second kappa shape index (κ2) is 7.35. The summed E-state index contributed by atoms with van der Waals surface area (Å²) in [6.45, 7) is 6.27. The SMILES string of the molecule is CC(C)(C)OC(=O)COC(=O)C1CCN(c2nc3ccccc3o2)CC1. The number of hydrogen-bond donors (Lipinski definition) is 0. The van der Waals surface area contributed by atoms with E-state index in [4.69, 9.17) is 13.9 Å². The minimum Gasteiger partial charge on any atom is -0.457 e. The van der Waals surface area contributed by atoms with Gasteiger partial charge in [-0.15, -0.1) is 0 Å². The third-order valence-electron chi connectivity index (χ3n) is 4.13. The molecule has 0 spiro atoms. The van der Waals surface area contributed by atoms with E-state index in [9.17, 15) is 9.59 Å². The van der Waals surface area contributed by atoms with Gasteiger partial charge in [-0.25, -0.2) is 4.79 Å². The summed E-state index contributed by atoms with van der Waals surface area (Å²) in [6, 6.07) is 8.19. The first-order chi connectivity index (χ1) is 12.3. The van der Waals surface area contributed by atoms with Crippen LogP contribution in [0.1, 0.15) is 33.6 Å². The molecule has 7 nitrogen and oxygen atoms in total. The van der Waals surface area contributed by atoms with Gasteiger partial charge in [0, 0.05) is 13.1 Å². The molecule has 0 amide bonds. The van der Waals surface area contributed by atoms with E-state index in [0.29, 0.717) is 31.9 Å². The molecule has 0 N–H and O–H groups in total. The molecule has 1 fully saturated rings. The predicted octanol–water partition coefficient (Wildman–Crippen LogP) is 2.93. The number of benzene rings is 1. The van der Waals surface area contributed by atoms with Gasteiger partial charge in [0.1, 0.15) is 11.1 Å². The van der Waals surface area contributed by atoms with Crippen molar-refractivity contribution >= 4 is 29.1 Å². The molecule has 1 aromatic heterocycles. The number of nitrogens with zero attached hydrogens (tertiary/aromatic N) is 2. The first-order valence-electron chi connectivity index (χ1n) is 8.81. The number of para-hydroxylation sites is 2. The quantitative estimate of drug-likeness (QED) is 0.775. The van der Waals surface area contributed by atoms with Crippen LogP contribution in [0.2, 0.25) is 0 Å². The van der Waals surface area contributed by atoms with E-state index >= 15 is 0 Å². The Kier molecular flexibility index (Phi) is 5.15. The summed E-state index contributed by atoms with van der Waals surface area (Å²) >= 11 is 0. The molecule has 1 aliphatic rings. The van der Waals surface area contributed by atoms with Crippen LogP contribution in [-0.2, 0) is 19.1 Å². The fraction of sp³-hybridized carbons (Fsp3) is 0.526. The van der Waals surface area contributed by atoms with Crippen molar-refractivity contribution in [1.29, 1.82) is 0 Å². The third-order valence-corrected chi connectivity index (χ3v) is 4.13. The van der Waals surface area contributed by atoms with Gasteiger partial charge in [-0.05, 0) is 45.7 Å². The van der Waals surface area contributed by atoms with Crippen molar-refractivity contribution < 1.29 is 23.5 Å². The number of piperidine rings is 1. The average Bonchev–Trinajstić information content (AvgIpc) is 3.02. The van der Waals surface area contributed by atoms with Crippen molar-refractivity contribution in [2.24, 2.45) is 5.92 Å². The van der Waals surface area contributed by atoms with E-state index in [1.54, 1.807) is 20.8 Å². The van der Waals surface area contributed by atoms with E-state index in [1.165, 1.54) is 0 Å². The first-order valence-corrected chi connectivity index (χ1v) is 8.81. The van der Waals surface area contributed by atoms with Crippen LogP contribution in [0.15, 0.2) is 28.7 Å². The van der Waals surface area contributed by atoms with Crippen LogP contribution in [0, 0.1) is 5.92 Å². The van der Waals surface area contributed by atoms with Crippen molar-refractivity contribution in [3.63, 3.8) is 0 Å². The van der Waals surface area contributed by atoms with Crippen molar-refractivity contribution in [2.75, 3.05) is 24.6 Å². The number of aromatic nitrogens is 1. The lowest BCUT2D eigenvalue weighted by molar-refractivity contribution is -0.168.